The van der Waals surface area contributed by atoms with Crippen LogP contribution in [0.25, 0.3) is 0 Å². The molecule has 0 aliphatic carbocycles. The van der Waals surface area contributed by atoms with Crippen LogP contribution in [0, 0.1) is 0 Å². The average molecular weight is 168 g/mol. The maximum Gasteiger partial charge on any atom is 0.184 e. The predicted octanol–water partition coefficient (Wildman–Crippen LogP) is 1.58. The van der Waals surface area contributed by atoms with E-state index < -0.39 is 16.8 Å². The molecule has 0 radical (unpaired) electrons. The Labute approximate surface area is 55.3 Å². The quantitative estimate of drug-likeness (QED) is 0.586. The molecule has 2 aliphatic heterocycles. The van der Waals surface area contributed by atoms with Gasteiger partial charge in [0.15, 0.2) is 30.3 Å². The van der Waals surface area contributed by atoms with Crippen LogP contribution in [0.5, 0.6) is 0 Å². The maximum absolute atomic E-state index is 5.04. The van der Waals surface area contributed by atoms with Gasteiger partial charge in [-0.15, -0.1) is 0 Å². The molecule has 52 valence electrons. The Morgan fingerprint density at radius 3 is 1.56 bits per heavy atom. The zero-order valence-corrected chi connectivity index (χ0v) is 6.44. The molecule has 2 aliphatic rings. The SMILES string of the molecule is C1OP(CP2OCO2)O1. The van der Waals surface area contributed by atoms with Gasteiger partial charge in [0.1, 0.15) is 0 Å². The first-order valence-electron chi connectivity index (χ1n) is 2.52. The van der Waals surface area contributed by atoms with Crippen molar-refractivity contribution in [3.05, 3.63) is 0 Å². The number of rotatable bonds is 2. The van der Waals surface area contributed by atoms with Gasteiger partial charge >= 0.3 is 0 Å². The van der Waals surface area contributed by atoms with E-state index in [9.17, 15) is 0 Å². The smallest absolute Gasteiger partial charge is 0.184 e. The Balaban J connectivity index is 1.64. The monoisotopic (exact) mass is 168 g/mol. The maximum atomic E-state index is 5.04. The second kappa shape index (κ2) is 2.75. The Morgan fingerprint density at radius 2 is 1.33 bits per heavy atom. The molecular weight excluding hydrogens is 162 g/mol. The van der Waals surface area contributed by atoms with Gasteiger partial charge in [-0.3, -0.25) is 0 Å². The molecule has 0 saturated carbocycles. The lowest BCUT2D eigenvalue weighted by atomic mass is 11.5. The van der Waals surface area contributed by atoms with Crippen LogP contribution in [0.4, 0.5) is 0 Å². The summed E-state index contributed by atoms with van der Waals surface area (Å²) in [5.74, 6) is 0.824. The average Bonchev–Trinajstić information content (AvgIpc) is 1.57. The molecule has 0 aromatic carbocycles. The van der Waals surface area contributed by atoms with Gasteiger partial charge in [0.05, 0.1) is 5.90 Å². The lowest BCUT2D eigenvalue weighted by Gasteiger charge is -2.31. The lowest BCUT2D eigenvalue weighted by molar-refractivity contribution is 0.0282. The summed E-state index contributed by atoms with van der Waals surface area (Å²) in [6.07, 6.45) is 0. The van der Waals surface area contributed by atoms with Crippen LogP contribution in [0.1, 0.15) is 0 Å². The molecular formula is C3H6O4P2. The molecule has 0 spiro atoms. The summed E-state index contributed by atoms with van der Waals surface area (Å²) in [5, 5.41) is 0. The molecule has 0 bridgehead atoms. The van der Waals surface area contributed by atoms with Crippen molar-refractivity contribution in [2.24, 2.45) is 0 Å². The Morgan fingerprint density at radius 1 is 0.889 bits per heavy atom. The highest BCUT2D eigenvalue weighted by Gasteiger charge is 2.30. The summed E-state index contributed by atoms with van der Waals surface area (Å²) in [7, 11) is -1.23. The molecule has 0 N–H and O–H groups in total. The Hall–Kier alpha value is 0.700. The third-order valence-electron chi connectivity index (χ3n) is 1.02. The van der Waals surface area contributed by atoms with Crippen LogP contribution in [-0.4, -0.2) is 19.5 Å². The van der Waals surface area contributed by atoms with Gasteiger partial charge in [0.25, 0.3) is 0 Å². The molecule has 0 aromatic heterocycles. The molecule has 9 heavy (non-hydrogen) atoms. The van der Waals surface area contributed by atoms with E-state index >= 15 is 0 Å². The van der Waals surface area contributed by atoms with E-state index in [-0.39, 0.29) is 0 Å². The van der Waals surface area contributed by atoms with Crippen molar-refractivity contribution in [2.45, 2.75) is 0 Å². The zero-order valence-electron chi connectivity index (χ0n) is 4.65. The molecule has 2 rings (SSSR count). The van der Waals surface area contributed by atoms with Crippen molar-refractivity contribution in [1.29, 1.82) is 0 Å². The highest BCUT2D eigenvalue weighted by molar-refractivity contribution is 7.66. The van der Waals surface area contributed by atoms with Crippen LogP contribution in [0.2, 0.25) is 0 Å². The van der Waals surface area contributed by atoms with Gasteiger partial charge in [-0.25, -0.2) is 0 Å². The van der Waals surface area contributed by atoms with Crippen LogP contribution in [0.3, 0.4) is 0 Å². The number of hydrogen-bond donors (Lipinski definition) is 0. The number of hydrogen-bond acceptors (Lipinski definition) is 4. The largest absolute Gasteiger partial charge is 0.306 e. The normalized spacial score (nSPS) is 29.3. The summed E-state index contributed by atoms with van der Waals surface area (Å²) in [4.78, 5) is 0. The standard InChI is InChI=1S/C3H6O4P2/c1-4-8(5-1)3-9-6-2-7-9/h1-3H2. The molecule has 2 heterocycles. The van der Waals surface area contributed by atoms with Crippen molar-refractivity contribution in [3.63, 3.8) is 0 Å². The van der Waals surface area contributed by atoms with Crippen molar-refractivity contribution >= 4 is 16.8 Å². The first-order valence-corrected chi connectivity index (χ1v) is 5.24. The summed E-state index contributed by atoms with van der Waals surface area (Å²) in [6.45, 7) is 0.907. The minimum Gasteiger partial charge on any atom is -0.306 e. The lowest BCUT2D eigenvalue weighted by Crippen LogP contribution is -2.13. The highest BCUT2D eigenvalue weighted by atomic mass is 31.2. The fourth-order valence-corrected chi connectivity index (χ4v) is 3.08. The van der Waals surface area contributed by atoms with Gasteiger partial charge in [0, 0.05) is 0 Å². The van der Waals surface area contributed by atoms with Crippen LogP contribution in [0.15, 0.2) is 0 Å². The Bertz CT molecular complexity index is 90.0. The van der Waals surface area contributed by atoms with Crippen molar-refractivity contribution in [2.75, 3.05) is 19.5 Å². The molecule has 0 atom stereocenters. The van der Waals surface area contributed by atoms with E-state index in [1.807, 2.05) is 0 Å². The summed E-state index contributed by atoms with van der Waals surface area (Å²) >= 11 is 0. The molecule has 0 aromatic rings. The molecule has 6 heteroatoms. The van der Waals surface area contributed by atoms with Crippen LogP contribution >= 0.6 is 16.8 Å². The topological polar surface area (TPSA) is 36.9 Å². The van der Waals surface area contributed by atoms with Crippen LogP contribution in [-0.2, 0) is 18.1 Å². The predicted molar refractivity (Wildman–Crippen MR) is 32.8 cm³/mol. The van der Waals surface area contributed by atoms with Gasteiger partial charge in [-0.05, 0) is 0 Å². The van der Waals surface area contributed by atoms with Crippen molar-refractivity contribution < 1.29 is 18.1 Å². The second-order valence-corrected chi connectivity index (χ2v) is 5.05. The van der Waals surface area contributed by atoms with Crippen LogP contribution < -0.4 is 0 Å². The third kappa shape index (κ3) is 1.40. The van der Waals surface area contributed by atoms with Gasteiger partial charge < -0.3 is 18.1 Å². The molecule has 0 amide bonds. The van der Waals surface area contributed by atoms with E-state index in [2.05, 4.69) is 0 Å². The Kier molecular flexibility index (Phi) is 1.96. The van der Waals surface area contributed by atoms with E-state index in [1.165, 1.54) is 0 Å². The third-order valence-corrected chi connectivity index (χ3v) is 4.44. The minimum absolute atomic E-state index is 0.453. The van der Waals surface area contributed by atoms with E-state index in [4.69, 9.17) is 18.1 Å². The van der Waals surface area contributed by atoms with E-state index in [0.29, 0.717) is 13.6 Å². The van der Waals surface area contributed by atoms with E-state index in [1.54, 1.807) is 0 Å². The fourth-order valence-electron chi connectivity index (χ4n) is 0.512. The molecule has 0 unspecified atom stereocenters. The summed E-state index contributed by atoms with van der Waals surface area (Å²) in [5.41, 5.74) is 0. The summed E-state index contributed by atoms with van der Waals surface area (Å²) < 4.78 is 20.1. The molecule has 2 saturated heterocycles. The molecule has 2 fully saturated rings. The highest BCUT2D eigenvalue weighted by Crippen LogP contribution is 2.60. The first kappa shape index (κ1) is 6.41. The molecule has 4 nitrogen and oxygen atoms in total. The van der Waals surface area contributed by atoms with Crippen molar-refractivity contribution in [3.8, 4) is 0 Å². The van der Waals surface area contributed by atoms with E-state index in [0.717, 1.165) is 5.90 Å². The fraction of sp³-hybridized carbons (Fsp3) is 1.00. The van der Waals surface area contributed by atoms with Gasteiger partial charge in [-0.1, -0.05) is 0 Å². The van der Waals surface area contributed by atoms with Gasteiger partial charge in [0.2, 0.25) is 0 Å². The first-order chi connectivity index (χ1) is 4.45. The minimum atomic E-state index is -0.613. The second-order valence-electron chi connectivity index (χ2n) is 1.56. The van der Waals surface area contributed by atoms with Crippen molar-refractivity contribution in [1.82, 2.24) is 0 Å². The zero-order chi connectivity index (χ0) is 6.10. The summed E-state index contributed by atoms with van der Waals surface area (Å²) in [6, 6.07) is 0. The van der Waals surface area contributed by atoms with Gasteiger partial charge in [-0.2, -0.15) is 0 Å².